The topological polar surface area (TPSA) is 124 Å². The molecule has 0 bridgehead atoms. The molecule has 1 aromatic carbocycles. The van der Waals surface area contributed by atoms with Crippen LogP contribution in [0.25, 0.3) is 5.69 Å². The smallest absolute Gasteiger partial charge is 0.271 e. The molecule has 1 aromatic heterocycles. The second kappa shape index (κ2) is 7.25. The van der Waals surface area contributed by atoms with Gasteiger partial charge in [0.1, 0.15) is 6.07 Å². The van der Waals surface area contributed by atoms with Crippen LogP contribution in [-0.4, -0.2) is 69.3 Å². The van der Waals surface area contributed by atoms with E-state index in [2.05, 4.69) is 15.1 Å². The molecule has 0 amide bonds. The van der Waals surface area contributed by atoms with Gasteiger partial charge in [-0.1, -0.05) is 6.07 Å². The number of aliphatic hydroxyl groups is 1. The van der Waals surface area contributed by atoms with Crippen LogP contribution in [0, 0.1) is 21.4 Å². The quantitative estimate of drug-likeness (QED) is 0.601. The van der Waals surface area contributed by atoms with Crippen LogP contribution in [0.5, 0.6) is 0 Å². The zero-order chi connectivity index (χ0) is 17.8. The highest BCUT2D eigenvalue weighted by Gasteiger charge is 2.23. The van der Waals surface area contributed by atoms with Gasteiger partial charge in [0.15, 0.2) is 5.82 Å². The Kier molecular flexibility index (Phi) is 4.87. The fourth-order valence-corrected chi connectivity index (χ4v) is 2.76. The summed E-state index contributed by atoms with van der Waals surface area (Å²) in [4.78, 5) is 15.8. The number of non-ortho nitro benzene ring substituents is 1. The van der Waals surface area contributed by atoms with Crippen molar-refractivity contribution in [3.63, 3.8) is 0 Å². The summed E-state index contributed by atoms with van der Waals surface area (Å²) in [6.07, 6.45) is 0. The first-order valence-electron chi connectivity index (χ1n) is 7.83. The summed E-state index contributed by atoms with van der Waals surface area (Å²) in [5, 5.41) is 37.8. The number of nitrogens with zero attached hydrogens (tertiary/aromatic N) is 7. The second-order valence-corrected chi connectivity index (χ2v) is 5.60. The Morgan fingerprint density at radius 2 is 2.04 bits per heavy atom. The van der Waals surface area contributed by atoms with Crippen LogP contribution in [-0.2, 0) is 0 Å². The Balaban J connectivity index is 1.85. The van der Waals surface area contributed by atoms with Crippen molar-refractivity contribution in [2.45, 2.75) is 0 Å². The molecule has 0 atom stereocenters. The van der Waals surface area contributed by atoms with Crippen LogP contribution in [0.4, 0.5) is 11.5 Å². The van der Waals surface area contributed by atoms with E-state index >= 15 is 0 Å². The molecule has 1 aliphatic rings. The monoisotopic (exact) mass is 343 g/mol. The van der Waals surface area contributed by atoms with Gasteiger partial charge in [-0.2, -0.15) is 5.26 Å². The minimum Gasteiger partial charge on any atom is -0.395 e. The van der Waals surface area contributed by atoms with E-state index in [1.165, 1.54) is 16.9 Å². The second-order valence-electron chi connectivity index (χ2n) is 5.60. The van der Waals surface area contributed by atoms with Crippen LogP contribution in [0.2, 0.25) is 0 Å². The van der Waals surface area contributed by atoms with Gasteiger partial charge in [0.05, 0.1) is 17.2 Å². The highest BCUT2D eigenvalue weighted by atomic mass is 16.6. The predicted octanol–water partition coefficient (Wildman–Crippen LogP) is 0.161. The average molecular weight is 343 g/mol. The molecule has 2 heterocycles. The number of nitriles is 1. The van der Waals surface area contributed by atoms with Crippen LogP contribution in [0.15, 0.2) is 24.3 Å². The predicted molar refractivity (Wildman–Crippen MR) is 88.5 cm³/mol. The first-order valence-corrected chi connectivity index (χ1v) is 7.83. The van der Waals surface area contributed by atoms with E-state index in [0.29, 0.717) is 31.1 Å². The molecule has 0 radical (unpaired) electrons. The molecule has 130 valence electrons. The average Bonchev–Trinajstić information content (AvgIpc) is 3.07. The molecule has 0 spiro atoms. The van der Waals surface area contributed by atoms with Gasteiger partial charge in [0.25, 0.3) is 5.69 Å². The van der Waals surface area contributed by atoms with Gasteiger partial charge < -0.3 is 10.0 Å². The number of hydrogen-bond acceptors (Lipinski definition) is 8. The normalized spacial score (nSPS) is 15.1. The molecule has 3 rings (SSSR count). The first-order chi connectivity index (χ1) is 12.1. The van der Waals surface area contributed by atoms with Gasteiger partial charge in [-0.05, 0) is 6.07 Å². The highest BCUT2D eigenvalue weighted by Crippen LogP contribution is 2.21. The maximum Gasteiger partial charge on any atom is 0.271 e. The number of rotatable bonds is 5. The molecule has 1 aliphatic heterocycles. The summed E-state index contributed by atoms with van der Waals surface area (Å²) in [5.41, 5.74) is 0.547. The fraction of sp³-hybridized carbons (Fsp3) is 0.400. The Hall–Kier alpha value is -3.03. The van der Waals surface area contributed by atoms with Crippen molar-refractivity contribution in [3.05, 3.63) is 40.1 Å². The van der Waals surface area contributed by atoms with Gasteiger partial charge >= 0.3 is 0 Å². The molecule has 1 N–H and O–H groups in total. The number of piperazine rings is 1. The Morgan fingerprint density at radius 3 is 2.68 bits per heavy atom. The number of aromatic nitrogens is 3. The lowest BCUT2D eigenvalue weighted by molar-refractivity contribution is -0.384. The number of nitro groups is 1. The lowest BCUT2D eigenvalue weighted by Crippen LogP contribution is -2.47. The maximum atomic E-state index is 10.9. The maximum absolute atomic E-state index is 10.9. The van der Waals surface area contributed by atoms with Gasteiger partial charge in [0.2, 0.25) is 5.69 Å². The number of benzene rings is 1. The van der Waals surface area contributed by atoms with Crippen LogP contribution in [0.3, 0.4) is 0 Å². The van der Waals surface area contributed by atoms with E-state index in [0.717, 1.165) is 13.1 Å². The number of nitro benzene ring substituents is 1. The largest absolute Gasteiger partial charge is 0.395 e. The third-order valence-electron chi connectivity index (χ3n) is 4.06. The van der Waals surface area contributed by atoms with Crippen molar-refractivity contribution in [1.29, 1.82) is 5.26 Å². The van der Waals surface area contributed by atoms with Crippen molar-refractivity contribution in [2.75, 3.05) is 44.2 Å². The number of hydrogen-bond donors (Lipinski definition) is 1. The van der Waals surface area contributed by atoms with Crippen molar-refractivity contribution < 1.29 is 10.0 Å². The lowest BCUT2D eigenvalue weighted by atomic mass is 10.3. The van der Waals surface area contributed by atoms with E-state index in [9.17, 15) is 15.4 Å². The fourth-order valence-electron chi connectivity index (χ4n) is 2.76. The van der Waals surface area contributed by atoms with E-state index in [1.807, 2.05) is 11.0 Å². The Labute approximate surface area is 143 Å². The standard InChI is InChI=1S/C15H17N7O3/c16-11-14-15(20-6-4-19(5-7-20)8-9-23)18-21(17-14)12-2-1-3-13(10-12)22(24)25/h1-3,10,23H,4-9H2. The first kappa shape index (κ1) is 16.8. The molecule has 0 saturated carbocycles. The molecule has 10 heteroatoms. The summed E-state index contributed by atoms with van der Waals surface area (Å²) in [7, 11) is 0. The zero-order valence-electron chi connectivity index (χ0n) is 13.4. The van der Waals surface area contributed by atoms with Crippen LogP contribution in [0.1, 0.15) is 5.69 Å². The van der Waals surface area contributed by atoms with Crippen LogP contribution < -0.4 is 4.90 Å². The summed E-state index contributed by atoms with van der Waals surface area (Å²) < 4.78 is 0. The number of anilines is 1. The van der Waals surface area contributed by atoms with E-state index in [-0.39, 0.29) is 18.0 Å². The molecular weight excluding hydrogens is 326 g/mol. The lowest BCUT2D eigenvalue weighted by Gasteiger charge is -2.34. The molecule has 1 saturated heterocycles. The van der Waals surface area contributed by atoms with Crippen molar-refractivity contribution >= 4 is 11.5 Å². The van der Waals surface area contributed by atoms with Crippen LogP contribution >= 0.6 is 0 Å². The molecular formula is C15H17N7O3. The number of β-amino-alcohol motifs (C(OH)–C–C–N with tert-alkyl or cyclic N) is 1. The highest BCUT2D eigenvalue weighted by molar-refractivity contribution is 5.51. The van der Waals surface area contributed by atoms with Gasteiger partial charge in [-0.25, -0.2) is 0 Å². The van der Waals surface area contributed by atoms with Gasteiger partial charge in [0, 0.05) is 44.9 Å². The van der Waals surface area contributed by atoms with Gasteiger partial charge in [-0.3, -0.25) is 15.0 Å². The summed E-state index contributed by atoms with van der Waals surface area (Å²) >= 11 is 0. The summed E-state index contributed by atoms with van der Waals surface area (Å²) in [6, 6.07) is 7.99. The van der Waals surface area contributed by atoms with Crippen molar-refractivity contribution in [2.24, 2.45) is 0 Å². The third-order valence-corrected chi connectivity index (χ3v) is 4.06. The van der Waals surface area contributed by atoms with Crippen molar-refractivity contribution in [3.8, 4) is 11.8 Å². The molecule has 2 aromatic rings. The molecule has 25 heavy (non-hydrogen) atoms. The van der Waals surface area contributed by atoms with Gasteiger partial charge in [-0.15, -0.1) is 15.0 Å². The summed E-state index contributed by atoms with van der Waals surface area (Å²) in [5.74, 6) is 0.470. The molecule has 1 fully saturated rings. The van der Waals surface area contributed by atoms with E-state index in [1.54, 1.807) is 12.1 Å². The van der Waals surface area contributed by atoms with E-state index < -0.39 is 4.92 Å². The molecule has 0 aliphatic carbocycles. The molecule has 0 unspecified atom stereocenters. The zero-order valence-corrected chi connectivity index (χ0v) is 13.4. The minimum absolute atomic E-state index is 0.0625. The van der Waals surface area contributed by atoms with Crippen molar-refractivity contribution in [1.82, 2.24) is 19.9 Å². The van der Waals surface area contributed by atoms with E-state index in [4.69, 9.17) is 5.11 Å². The minimum atomic E-state index is -0.487. The molecule has 10 nitrogen and oxygen atoms in total. The SMILES string of the molecule is N#Cc1nn(-c2cccc([N+](=O)[O-])c2)nc1N1CCN(CCO)CC1. The number of aliphatic hydroxyl groups excluding tert-OH is 1. The Morgan fingerprint density at radius 1 is 1.28 bits per heavy atom. The third kappa shape index (κ3) is 3.57. The Bertz CT molecular complexity index is 806. The summed E-state index contributed by atoms with van der Waals surface area (Å²) in [6.45, 7) is 3.60.